The first-order chi connectivity index (χ1) is 16.7. The highest BCUT2D eigenvalue weighted by molar-refractivity contribution is 6.42. The number of allylic oxidation sites excluding steroid dienone is 1. The molecule has 35 heavy (non-hydrogen) atoms. The van der Waals surface area contributed by atoms with Crippen molar-refractivity contribution >= 4 is 63.7 Å². The molecule has 3 aromatic rings. The van der Waals surface area contributed by atoms with Crippen molar-refractivity contribution < 1.29 is 19.2 Å². The summed E-state index contributed by atoms with van der Waals surface area (Å²) in [6.07, 6.45) is 1.55. The van der Waals surface area contributed by atoms with E-state index in [2.05, 4.69) is 11.4 Å². The van der Waals surface area contributed by atoms with E-state index in [0.717, 1.165) is 0 Å². The van der Waals surface area contributed by atoms with Gasteiger partial charge in [0.05, 0.1) is 38.7 Å². The van der Waals surface area contributed by atoms with Crippen molar-refractivity contribution in [3.63, 3.8) is 0 Å². The van der Waals surface area contributed by atoms with E-state index < -0.39 is 10.8 Å². The van der Waals surface area contributed by atoms with Crippen LogP contribution in [0.2, 0.25) is 15.1 Å². The highest BCUT2D eigenvalue weighted by atomic mass is 35.5. The highest BCUT2D eigenvalue weighted by Crippen LogP contribution is 2.37. The predicted molar refractivity (Wildman–Crippen MR) is 135 cm³/mol. The van der Waals surface area contributed by atoms with E-state index in [1.807, 2.05) is 0 Å². The molecule has 1 amide bonds. The zero-order valence-electron chi connectivity index (χ0n) is 18.1. The van der Waals surface area contributed by atoms with Gasteiger partial charge in [0, 0.05) is 17.8 Å². The summed E-state index contributed by atoms with van der Waals surface area (Å²) in [4.78, 5) is 22.6. The fourth-order valence-corrected chi connectivity index (χ4v) is 3.55. The molecule has 3 aromatic carbocycles. The van der Waals surface area contributed by atoms with Crippen molar-refractivity contribution in [2.24, 2.45) is 0 Å². The van der Waals surface area contributed by atoms with Gasteiger partial charge < -0.3 is 14.8 Å². The number of nitriles is 1. The van der Waals surface area contributed by atoms with Gasteiger partial charge in [0.1, 0.15) is 0 Å². The molecule has 0 radical (unpaired) electrons. The van der Waals surface area contributed by atoms with E-state index in [0.29, 0.717) is 26.9 Å². The van der Waals surface area contributed by atoms with Gasteiger partial charge in [0.2, 0.25) is 0 Å². The lowest BCUT2D eigenvalue weighted by Gasteiger charge is -2.14. The number of carbonyl (C=O) groups excluding carboxylic acids is 1. The van der Waals surface area contributed by atoms with E-state index >= 15 is 0 Å². The summed E-state index contributed by atoms with van der Waals surface area (Å²) in [5, 5.41) is 23.9. The third-order valence-electron chi connectivity index (χ3n) is 4.62. The molecule has 0 aliphatic heterocycles. The van der Waals surface area contributed by atoms with Crippen LogP contribution in [0.4, 0.5) is 11.4 Å². The number of nitrogens with zero attached hydrogens (tertiary/aromatic N) is 2. The Morgan fingerprint density at radius 3 is 2.40 bits per heavy atom. The molecule has 0 fully saturated rings. The van der Waals surface area contributed by atoms with Crippen molar-refractivity contribution in [2.45, 2.75) is 0 Å². The summed E-state index contributed by atoms with van der Waals surface area (Å²) in [5.74, 6) is -0.0769. The van der Waals surface area contributed by atoms with Gasteiger partial charge in [0.25, 0.3) is 11.6 Å². The smallest absolute Gasteiger partial charge is 0.269 e. The first kappa shape index (κ1) is 25.8. The number of amides is 1. The Hall–Kier alpha value is -3.77. The molecule has 0 unspecified atom stereocenters. The number of non-ortho nitro benzene ring substituents is 1. The zero-order valence-corrected chi connectivity index (χ0v) is 20.3. The molecule has 0 atom stereocenters. The summed E-state index contributed by atoms with van der Waals surface area (Å²) < 4.78 is 10.9. The van der Waals surface area contributed by atoms with Crippen LogP contribution in [0.1, 0.15) is 11.1 Å². The molecule has 0 aliphatic rings. The van der Waals surface area contributed by atoms with Gasteiger partial charge in [0.15, 0.2) is 18.1 Å². The van der Waals surface area contributed by atoms with Crippen molar-refractivity contribution in [3.05, 3.63) is 90.9 Å². The summed E-state index contributed by atoms with van der Waals surface area (Å²) in [7, 11) is 1.41. The van der Waals surface area contributed by atoms with E-state index in [1.165, 1.54) is 37.4 Å². The molecule has 8 nitrogen and oxygen atoms in total. The fourth-order valence-electron chi connectivity index (χ4n) is 2.98. The van der Waals surface area contributed by atoms with E-state index in [1.54, 1.807) is 30.3 Å². The average Bonchev–Trinajstić information content (AvgIpc) is 2.83. The van der Waals surface area contributed by atoms with Gasteiger partial charge in [-0.25, -0.2) is 0 Å². The van der Waals surface area contributed by atoms with E-state index in [9.17, 15) is 20.2 Å². The first-order valence-electron chi connectivity index (χ1n) is 9.83. The monoisotopic (exact) mass is 531 g/mol. The second-order valence-electron chi connectivity index (χ2n) is 6.97. The Morgan fingerprint density at radius 1 is 1.09 bits per heavy atom. The quantitative estimate of drug-likeness (QED) is 0.150. The maximum Gasteiger partial charge on any atom is 0.269 e. The second-order valence-corrected chi connectivity index (χ2v) is 8.20. The first-order valence-corrected chi connectivity index (χ1v) is 11.0. The lowest BCUT2D eigenvalue weighted by Crippen LogP contribution is -2.20. The fraction of sp³-hybridized carbons (Fsp3) is 0.0833. The number of ether oxygens (including phenoxy) is 2. The number of carbonyl (C=O) groups is 1. The van der Waals surface area contributed by atoms with Gasteiger partial charge in [-0.3, -0.25) is 14.9 Å². The molecule has 0 spiro atoms. The van der Waals surface area contributed by atoms with Crippen LogP contribution in [0.3, 0.4) is 0 Å². The number of benzene rings is 3. The molecule has 178 valence electrons. The second kappa shape index (κ2) is 11.6. The lowest BCUT2D eigenvalue weighted by atomic mass is 10.0. The Morgan fingerprint density at radius 2 is 1.80 bits per heavy atom. The van der Waals surface area contributed by atoms with Crippen LogP contribution in [0.25, 0.3) is 11.6 Å². The zero-order chi connectivity index (χ0) is 25.5. The number of methoxy groups -OCH3 is 1. The number of nitrogens with one attached hydrogen (secondary N) is 1. The van der Waals surface area contributed by atoms with Gasteiger partial charge in [-0.05, 0) is 59.7 Å². The normalized spacial score (nSPS) is 10.9. The Bertz CT molecular complexity index is 1350. The van der Waals surface area contributed by atoms with Crippen molar-refractivity contribution in [3.8, 4) is 17.6 Å². The third-order valence-corrected chi connectivity index (χ3v) is 5.64. The maximum absolute atomic E-state index is 12.3. The maximum atomic E-state index is 12.3. The highest BCUT2D eigenvalue weighted by Gasteiger charge is 2.15. The molecule has 0 saturated heterocycles. The SMILES string of the molecule is COc1cc(/C=C(\C#N)c2ccc([N+](=O)[O-])cc2)cc(Cl)c1OCC(=O)Nc1ccc(Cl)c(Cl)c1. The molecule has 11 heteroatoms. The number of halogens is 3. The summed E-state index contributed by atoms with van der Waals surface area (Å²) in [5.41, 5.74) is 1.64. The van der Waals surface area contributed by atoms with Gasteiger partial charge in [-0.2, -0.15) is 5.26 Å². The number of hydrogen-bond acceptors (Lipinski definition) is 6. The topological polar surface area (TPSA) is 114 Å². The summed E-state index contributed by atoms with van der Waals surface area (Å²) in [6.45, 7) is -0.363. The molecule has 0 aliphatic carbocycles. The minimum atomic E-state index is -0.520. The lowest BCUT2D eigenvalue weighted by molar-refractivity contribution is -0.384. The van der Waals surface area contributed by atoms with Crippen LogP contribution >= 0.6 is 34.8 Å². The van der Waals surface area contributed by atoms with E-state index in [-0.39, 0.29) is 34.4 Å². The van der Waals surface area contributed by atoms with Crippen LogP contribution in [0.5, 0.6) is 11.5 Å². The van der Waals surface area contributed by atoms with Crippen LogP contribution in [-0.4, -0.2) is 24.5 Å². The van der Waals surface area contributed by atoms with Gasteiger partial charge >= 0.3 is 0 Å². The number of nitro groups is 1. The van der Waals surface area contributed by atoms with Crippen LogP contribution in [0.15, 0.2) is 54.6 Å². The number of anilines is 1. The average molecular weight is 533 g/mol. The minimum absolute atomic E-state index is 0.0829. The largest absolute Gasteiger partial charge is 0.493 e. The number of rotatable bonds is 8. The third kappa shape index (κ3) is 6.64. The summed E-state index contributed by atoms with van der Waals surface area (Å²) in [6, 6.07) is 15.4. The van der Waals surface area contributed by atoms with E-state index in [4.69, 9.17) is 44.3 Å². The Kier molecular flexibility index (Phi) is 8.55. The van der Waals surface area contributed by atoms with Crippen molar-refractivity contribution in [2.75, 3.05) is 19.0 Å². The van der Waals surface area contributed by atoms with Crippen LogP contribution in [-0.2, 0) is 4.79 Å². The molecule has 3 rings (SSSR count). The van der Waals surface area contributed by atoms with Gasteiger partial charge in [-0.1, -0.05) is 34.8 Å². The molecular weight excluding hydrogens is 517 g/mol. The number of hydrogen-bond donors (Lipinski definition) is 1. The molecule has 0 aromatic heterocycles. The van der Waals surface area contributed by atoms with Crippen molar-refractivity contribution in [1.82, 2.24) is 0 Å². The Labute approximate surface area is 215 Å². The van der Waals surface area contributed by atoms with Gasteiger partial charge in [-0.15, -0.1) is 0 Å². The van der Waals surface area contributed by atoms with Crippen LogP contribution < -0.4 is 14.8 Å². The number of nitro benzene ring substituents is 1. The Balaban J connectivity index is 1.78. The molecule has 0 saturated carbocycles. The van der Waals surface area contributed by atoms with Crippen molar-refractivity contribution in [1.29, 1.82) is 5.26 Å². The van der Waals surface area contributed by atoms with Crippen LogP contribution in [0, 0.1) is 21.4 Å². The molecule has 0 heterocycles. The molecule has 0 bridgehead atoms. The molecular formula is C24H16Cl3N3O5. The predicted octanol–water partition coefficient (Wildman–Crippen LogP) is 6.65. The standard InChI is InChI=1S/C24H16Cl3N3O5/c1-34-22-10-14(8-16(12-28)15-2-5-18(6-3-15)30(32)33)9-21(27)24(22)35-13-23(31)29-17-4-7-19(25)20(26)11-17/h2-11H,13H2,1H3,(H,29,31)/b16-8+. The molecule has 1 N–H and O–H groups in total. The minimum Gasteiger partial charge on any atom is -0.493 e. The summed E-state index contributed by atoms with van der Waals surface area (Å²) >= 11 is 18.2.